The normalized spacial score (nSPS) is 15.5. The molecule has 0 spiro atoms. The van der Waals surface area contributed by atoms with E-state index in [-0.39, 0.29) is 29.2 Å². The number of nitrogens with zero attached hydrogens (tertiary/aromatic N) is 5. The van der Waals surface area contributed by atoms with E-state index in [0.29, 0.717) is 10.2 Å². The molecule has 31 heavy (non-hydrogen) atoms. The topological polar surface area (TPSA) is 85.6 Å². The van der Waals surface area contributed by atoms with Gasteiger partial charge in [0.2, 0.25) is 5.91 Å². The van der Waals surface area contributed by atoms with Gasteiger partial charge in [0.15, 0.2) is 17.3 Å². The molecular weight excluding hydrogens is 409 g/mol. The standard InChI is InChI=1S/C21H21F3N6O/c22-21(23,24)17-12-16(15-8-5-11-25-13-15)29-30(17)19-10-9-18(27-28-19)26-20(31)14-6-3-1-2-4-7-14/h5,8-14H,1-4,6-7H2,(H,26,27,31). The minimum Gasteiger partial charge on any atom is -0.309 e. The van der Waals surface area contributed by atoms with E-state index in [4.69, 9.17) is 0 Å². The molecule has 1 aliphatic carbocycles. The minimum absolute atomic E-state index is 0.0750. The fourth-order valence-corrected chi connectivity index (χ4v) is 3.69. The molecule has 1 saturated carbocycles. The second kappa shape index (κ2) is 8.83. The van der Waals surface area contributed by atoms with E-state index >= 15 is 0 Å². The third-order valence-electron chi connectivity index (χ3n) is 5.30. The van der Waals surface area contributed by atoms with E-state index < -0.39 is 11.9 Å². The highest BCUT2D eigenvalue weighted by Crippen LogP contribution is 2.33. The van der Waals surface area contributed by atoms with E-state index in [9.17, 15) is 18.0 Å². The Morgan fingerprint density at radius 3 is 2.45 bits per heavy atom. The average molecular weight is 430 g/mol. The van der Waals surface area contributed by atoms with Crippen LogP contribution in [0.1, 0.15) is 44.2 Å². The smallest absolute Gasteiger partial charge is 0.309 e. The maximum Gasteiger partial charge on any atom is 0.433 e. The minimum atomic E-state index is -4.64. The van der Waals surface area contributed by atoms with Crippen molar-refractivity contribution in [3.63, 3.8) is 0 Å². The molecule has 1 fully saturated rings. The maximum absolute atomic E-state index is 13.6. The zero-order chi connectivity index (χ0) is 21.8. The van der Waals surface area contributed by atoms with Gasteiger partial charge in [-0.25, -0.2) is 4.68 Å². The largest absolute Gasteiger partial charge is 0.433 e. The van der Waals surface area contributed by atoms with Gasteiger partial charge in [-0.05, 0) is 43.2 Å². The Morgan fingerprint density at radius 2 is 1.84 bits per heavy atom. The summed E-state index contributed by atoms with van der Waals surface area (Å²) in [5, 5.41) is 14.5. The molecule has 0 atom stereocenters. The molecule has 3 heterocycles. The molecule has 3 aromatic heterocycles. The summed E-state index contributed by atoms with van der Waals surface area (Å²) in [6, 6.07) is 6.97. The van der Waals surface area contributed by atoms with Gasteiger partial charge in [0.1, 0.15) is 0 Å². The second-order valence-electron chi connectivity index (χ2n) is 7.52. The number of halogens is 3. The lowest BCUT2D eigenvalue weighted by Crippen LogP contribution is -2.23. The Hall–Kier alpha value is -3.30. The summed E-state index contributed by atoms with van der Waals surface area (Å²) < 4.78 is 41.4. The van der Waals surface area contributed by atoms with Gasteiger partial charge in [-0.3, -0.25) is 9.78 Å². The van der Waals surface area contributed by atoms with Crippen LogP contribution in [0.15, 0.2) is 42.7 Å². The molecule has 0 unspecified atom stereocenters. The van der Waals surface area contributed by atoms with Gasteiger partial charge >= 0.3 is 6.18 Å². The molecule has 3 aromatic rings. The molecule has 1 amide bonds. The number of pyridine rings is 1. The van der Waals surface area contributed by atoms with Crippen LogP contribution in [0.3, 0.4) is 0 Å². The summed E-state index contributed by atoms with van der Waals surface area (Å²) in [7, 11) is 0. The number of alkyl halides is 3. The van der Waals surface area contributed by atoms with Gasteiger partial charge in [0, 0.05) is 23.9 Å². The van der Waals surface area contributed by atoms with E-state index in [2.05, 4.69) is 25.6 Å². The molecule has 0 aromatic carbocycles. The molecule has 0 aliphatic heterocycles. The van der Waals surface area contributed by atoms with Gasteiger partial charge < -0.3 is 5.32 Å². The van der Waals surface area contributed by atoms with E-state index in [0.717, 1.165) is 44.6 Å². The molecule has 0 bridgehead atoms. The summed E-state index contributed by atoms with van der Waals surface area (Å²) in [4.78, 5) is 16.4. The summed E-state index contributed by atoms with van der Waals surface area (Å²) in [5.41, 5.74) is -0.407. The maximum atomic E-state index is 13.6. The van der Waals surface area contributed by atoms with Crippen LogP contribution < -0.4 is 5.32 Å². The number of carbonyl (C=O) groups is 1. The Morgan fingerprint density at radius 1 is 1.06 bits per heavy atom. The lowest BCUT2D eigenvalue weighted by Gasteiger charge is -2.13. The zero-order valence-electron chi connectivity index (χ0n) is 16.6. The van der Waals surface area contributed by atoms with Gasteiger partial charge in [-0.15, -0.1) is 10.2 Å². The highest BCUT2D eigenvalue weighted by molar-refractivity contribution is 5.91. The quantitative estimate of drug-likeness (QED) is 0.609. The predicted molar refractivity (Wildman–Crippen MR) is 107 cm³/mol. The Labute approximate surface area is 176 Å². The molecule has 4 rings (SSSR count). The number of nitrogens with one attached hydrogen (secondary N) is 1. The highest BCUT2D eigenvalue weighted by Gasteiger charge is 2.37. The monoisotopic (exact) mass is 430 g/mol. The summed E-state index contributed by atoms with van der Waals surface area (Å²) in [6.07, 6.45) is 4.27. The van der Waals surface area contributed by atoms with Crippen molar-refractivity contribution in [2.75, 3.05) is 5.32 Å². The van der Waals surface area contributed by atoms with Crippen molar-refractivity contribution in [1.82, 2.24) is 25.0 Å². The third-order valence-corrected chi connectivity index (χ3v) is 5.30. The summed E-state index contributed by atoms with van der Waals surface area (Å²) in [6.45, 7) is 0. The van der Waals surface area contributed by atoms with Crippen LogP contribution in [0.2, 0.25) is 0 Å². The molecule has 7 nitrogen and oxygen atoms in total. The Bertz CT molecular complexity index is 1030. The predicted octanol–water partition coefficient (Wildman–Crippen LogP) is 4.65. The third kappa shape index (κ3) is 4.89. The van der Waals surface area contributed by atoms with Gasteiger partial charge in [-0.1, -0.05) is 25.7 Å². The number of aromatic nitrogens is 5. The van der Waals surface area contributed by atoms with Crippen molar-refractivity contribution >= 4 is 11.7 Å². The first kappa shape index (κ1) is 21.0. The molecule has 0 saturated heterocycles. The van der Waals surface area contributed by atoms with Gasteiger partial charge in [0.05, 0.1) is 5.69 Å². The number of amides is 1. The summed E-state index contributed by atoms with van der Waals surface area (Å²) in [5.74, 6) is -0.104. The molecule has 0 radical (unpaired) electrons. The van der Waals surface area contributed by atoms with Crippen molar-refractivity contribution in [2.45, 2.75) is 44.7 Å². The zero-order valence-corrected chi connectivity index (χ0v) is 16.6. The second-order valence-corrected chi connectivity index (χ2v) is 7.52. The lowest BCUT2D eigenvalue weighted by atomic mass is 9.99. The average Bonchev–Trinajstić information content (AvgIpc) is 3.04. The van der Waals surface area contributed by atoms with Gasteiger partial charge in [-0.2, -0.15) is 18.3 Å². The van der Waals surface area contributed by atoms with Crippen LogP contribution in [0.4, 0.5) is 19.0 Å². The lowest BCUT2D eigenvalue weighted by molar-refractivity contribution is -0.142. The first-order chi connectivity index (χ1) is 14.9. The van der Waals surface area contributed by atoms with Crippen LogP contribution in [-0.4, -0.2) is 30.9 Å². The molecular formula is C21H21F3N6O. The van der Waals surface area contributed by atoms with Crippen LogP contribution in [0, 0.1) is 5.92 Å². The highest BCUT2D eigenvalue weighted by atomic mass is 19.4. The fraction of sp³-hybridized carbons (Fsp3) is 0.381. The molecule has 10 heteroatoms. The van der Waals surface area contributed by atoms with Crippen LogP contribution in [0.5, 0.6) is 0 Å². The Kier molecular flexibility index (Phi) is 5.97. The fourth-order valence-electron chi connectivity index (χ4n) is 3.69. The first-order valence-corrected chi connectivity index (χ1v) is 10.1. The van der Waals surface area contributed by atoms with Gasteiger partial charge in [0.25, 0.3) is 0 Å². The van der Waals surface area contributed by atoms with Crippen molar-refractivity contribution in [2.24, 2.45) is 5.92 Å². The van der Waals surface area contributed by atoms with Crippen molar-refractivity contribution in [3.05, 3.63) is 48.4 Å². The first-order valence-electron chi connectivity index (χ1n) is 10.1. The van der Waals surface area contributed by atoms with Crippen LogP contribution in [0.25, 0.3) is 17.1 Å². The van der Waals surface area contributed by atoms with E-state index in [1.807, 2.05) is 0 Å². The van der Waals surface area contributed by atoms with Crippen molar-refractivity contribution in [1.29, 1.82) is 0 Å². The van der Waals surface area contributed by atoms with Crippen LogP contribution in [-0.2, 0) is 11.0 Å². The molecule has 162 valence electrons. The molecule has 1 aliphatic rings. The van der Waals surface area contributed by atoms with Crippen molar-refractivity contribution in [3.8, 4) is 17.1 Å². The number of rotatable bonds is 4. The van der Waals surface area contributed by atoms with Crippen molar-refractivity contribution < 1.29 is 18.0 Å². The van der Waals surface area contributed by atoms with E-state index in [1.165, 1.54) is 24.5 Å². The number of anilines is 1. The number of hydrogen-bond donors (Lipinski definition) is 1. The SMILES string of the molecule is O=C(Nc1ccc(-n2nc(-c3cccnc3)cc2C(F)(F)F)nn1)C1CCCCCC1. The number of hydrogen-bond acceptors (Lipinski definition) is 5. The summed E-state index contributed by atoms with van der Waals surface area (Å²) >= 11 is 0. The van der Waals surface area contributed by atoms with Crippen LogP contribution >= 0.6 is 0 Å². The molecule has 1 N–H and O–H groups in total. The number of carbonyl (C=O) groups excluding carboxylic acids is 1. The van der Waals surface area contributed by atoms with E-state index in [1.54, 1.807) is 12.1 Å². The Balaban J connectivity index is 1.57.